The van der Waals surface area contributed by atoms with E-state index in [2.05, 4.69) is 39.1 Å². The van der Waals surface area contributed by atoms with Gasteiger partial charge < -0.3 is 10.5 Å². The lowest BCUT2D eigenvalue weighted by Gasteiger charge is -2.11. The zero-order valence-corrected chi connectivity index (χ0v) is 22.9. The fourth-order valence-electron chi connectivity index (χ4n) is 3.12. The number of nitrogens with two attached hydrogens (primary N) is 1. The van der Waals surface area contributed by atoms with Gasteiger partial charge in [0.25, 0.3) is 0 Å². The molecule has 3 aromatic rings. The quantitative estimate of drug-likeness (QED) is 0.227. The van der Waals surface area contributed by atoms with Crippen LogP contribution in [0.15, 0.2) is 68.6 Å². The Hall–Kier alpha value is -2.89. The molecule has 0 fully saturated rings. The van der Waals surface area contributed by atoms with Gasteiger partial charge in [-0.1, -0.05) is 44.2 Å². The van der Waals surface area contributed by atoms with Crippen LogP contribution in [-0.4, -0.2) is 42.3 Å². The molecule has 0 aliphatic carbocycles. The molecular formula is C24H25BrN4O4S2. The Kier molecular flexibility index (Phi) is 8.57. The second-order valence-corrected chi connectivity index (χ2v) is 11.4. The number of esters is 1. The first-order valence-corrected chi connectivity index (χ1v) is 14.1. The number of sulfone groups is 1. The summed E-state index contributed by atoms with van der Waals surface area (Å²) in [5, 5.41) is 0.391. The number of allylic oxidation sites excluding steroid dienone is 1. The molecule has 1 aromatic heterocycles. The highest BCUT2D eigenvalue weighted by molar-refractivity contribution is 9.12. The average Bonchev–Trinajstić information content (AvgIpc) is 3.31. The molecule has 0 saturated heterocycles. The summed E-state index contributed by atoms with van der Waals surface area (Å²) >= 11 is 4.48. The summed E-state index contributed by atoms with van der Waals surface area (Å²) in [7, 11) is -3.39. The zero-order chi connectivity index (χ0) is 25.8. The SMILES string of the molecule is CCOC(=O)C(N)=C(Br)C(=Nc1ccccc1C(C)C)c1nc(-c2cccc(S(C)(=O)=O)c2)ns1. The molecule has 0 saturated carbocycles. The Morgan fingerprint density at radius 1 is 1.20 bits per heavy atom. The third kappa shape index (κ3) is 6.41. The molecule has 35 heavy (non-hydrogen) atoms. The van der Waals surface area contributed by atoms with E-state index in [1.165, 1.54) is 12.1 Å². The van der Waals surface area contributed by atoms with Gasteiger partial charge in [-0.15, -0.1) is 0 Å². The second kappa shape index (κ2) is 11.2. The first kappa shape index (κ1) is 26.7. The predicted molar refractivity (Wildman–Crippen MR) is 142 cm³/mol. The summed E-state index contributed by atoms with van der Waals surface area (Å²) in [4.78, 5) is 21.9. The van der Waals surface area contributed by atoms with Gasteiger partial charge in [-0.05, 0) is 64.1 Å². The van der Waals surface area contributed by atoms with Crippen molar-refractivity contribution < 1.29 is 17.9 Å². The number of ether oxygens (including phenoxy) is 1. The topological polar surface area (TPSA) is 125 Å². The highest BCUT2D eigenvalue weighted by Crippen LogP contribution is 2.31. The molecule has 0 bridgehead atoms. The van der Waals surface area contributed by atoms with E-state index in [0.717, 1.165) is 23.4 Å². The molecule has 184 valence electrons. The van der Waals surface area contributed by atoms with Gasteiger partial charge in [0.1, 0.15) is 11.4 Å². The third-order valence-corrected chi connectivity index (χ3v) is 7.51. The minimum absolute atomic E-state index is 0.150. The largest absolute Gasteiger partial charge is 0.461 e. The number of para-hydroxylation sites is 1. The Labute approximate surface area is 217 Å². The number of rotatable bonds is 8. The third-order valence-electron chi connectivity index (χ3n) is 4.88. The molecule has 0 atom stereocenters. The van der Waals surface area contributed by atoms with E-state index in [1.54, 1.807) is 19.1 Å². The average molecular weight is 578 g/mol. The number of nitrogens with zero attached hydrogens (tertiary/aromatic N) is 3. The van der Waals surface area contributed by atoms with Crippen molar-refractivity contribution in [2.75, 3.05) is 12.9 Å². The van der Waals surface area contributed by atoms with Crippen molar-refractivity contribution >= 4 is 54.7 Å². The van der Waals surface area contributed by atoms with Crippen LogP contribution in [0.3, 0.4) is 0 Å². The van der Waals surface area contributed by atoms with Crippen LogP contribution in [0.1, 0.15) is 37.3 Å². The molecule has 0 aliphatic heterocycles. The van der Waals surface area contributed by atoms with Crippen molar-refractivity contribution in [3.05, 3.63) is 69.3 Å². The van der Waals surface area contributed by atoms with Gasteiger partial charge in [0.2, 0.25) is 0 Å². The number of carbonyl (C=O) groups is 1. The smallest absolute Gasteiger partial charge is 0.355 e. The van der Waals surface area contributed by atoms with E-state index in [9.17, 15) is 13.2 Å². The molecule has 1 heterocycles. The van der Waals surface area contributed by atoms with Crippen LogP contribution >= 0.6 is 27.5 Å². The van der Waals surface area contributed by atoms with Crippen LogP contribution in [0.25, 0.3) is 11.4 Å². The van der Waals surface area contributed by atoms with Crippen molar-refractivity contribution in [2.45, 2.75) is 31.6 Å². The van der Waals surface area contributed by atoms with Crippen molar-refractivity contribution in [3.63, 3.8) is 0 Å². The molecule has 2 N–H and O–H groups in total. The number of hydrogen-bond acceptors (Lipinski definition) is 9. The highest BCUT2D eigenvalue weighted by atomic mass is 79.9. The Morgan fingerprint density at radius 3 is 2.57 bits per heavy atom. The molecule has 0 spiro atoms. The van der Waals surface area contributed by atoms with Gasteiger partial charge in [-0.2, -0.15) is 4.37 Å². The summed E-state index contributed by atoms with van der Waals surface area (Å²) in [6.07, 6.45) is 1.14. The van der Waals surface area contributed by atoms with Gasteiger partial charge in [0.05, 0.1) is 21.7 Å². The summed E-state index contributed by atoms with van der Waals surface area (Å²) in [5.41, 5.74) is 8.49. The number of benzene rings is 2. The summed E-state index contributed by atoms with van der Waals surface area (Å²) in [6.45, 7) is 5.98. The molecule has 0 unspecified atom stereocenters. The summed E-state index contributed by atoms with van der Waals surface area (Å²) < 4.78 is 33.6. The van der Waals surface area contributed by atoms with Crippen LogP contribution in [0, 0.1) is 0 Å². The molecule has 0 radical (unpaired) electrons. The first-order valence-electron chi connectivity index (χ1n) is 10.7. The van der Waals surface area contributed by atoms with Crippen LogP contribution in [0.5, 0.6) is 0 Å². The van der Waals surface area contributed by atoms with E-state index < -0.39 is 15.8 Å². The highest BCUT2D eigenvalue weighted by Gasteiger charge is 2.22. The monoisotopic (exact) mass is 576 g/mol. The predicted octanol–water partition coefficient (Wildman–Crippen LogP) is 4.98. The Morgan fingerprint density at radius 2 is 1.91 bits per heavy atom. The maximum Gasteiger partial charge on any atom is 0.355 e. The summed E-state index contributed by atoms with van der Waals surface area (Å²) in [5.74, 6) is -0.157. The lowest BCUT2D eigenvalue weighted by molar-refractivity contribution is -0.138. The van der Waals surface area contributed by atoms with E-state index >= 15 is 0 Å². The normalized spacial score (nSPS) is 13.0. The maximum absolute atomic E-state index is 12.3. The van der Waals surface area contributed by atoms with Crippen LogP contribution in [-0.2, 0) is 19.4 Å². The van der Waals surface area contributed by atoms with E-state index in [4.69, 9.17) is 15.5 Å². The molecule has 11 heteroatoms. The second-order valence-electron chi connectivity index (χ2n) is 7.85. The molecule has 3 rings (SSSR count). The van der Waals surface area contributed by atoms with E-state index in [-0.39, 0.29) is 27.6 Å². The number of hydrogen-bond donors (Lipinski definition) is 1. The minimum atomic E-state index is -3.39. The summed E-state index contributed by atoms with van der Waals surface area (Å²) in [6, 6.07) is 14.0. The number of aromatic nitrogens is 2. The number of halogens is 1. The van der Waals surface area contributed by atoms with Crippen LogP contribution in [0.2, 0.25) is 0 Å². The van der Waals surface area contributed by atoms with Crippen molar-refractivity contribution in [1.29, 1.82) is 0 Å². The number of aliphatic imine (C=N–C) groups is 1. The van der Waals surface area contributed by atoms with Gasteiger partial charge in [-0.25, -0.2) is 23.2 Å². The van der Waals surface area contributed by atoms with E-state index in [0.29, 0.717) is 27.8 Å². The van der Waals surface area contributed by atoms with Crippen LogP contribution in [0.4, 0.5) is 5.69 Å². The van der Waals surface area contributed by atoms with Crippen molar-refractivity contribution in [3.8, 4) is 11.4 Å². The van der Waals surface area contributed by atoms with Gasteiger partial charge in [-0.3, -0.25) is 0 Å². The van der Waals surface area contributed by atoms with Gasteiger partial charge >= 0.3 is 5.97 Å². The fourth-order valence-corrected chi connectivity index (χ4v) is 5.03. The van der Waals surface area contributed by atoms with Gasteiger partial charge in [0.15, 0.2) is 20.7 Å². The van der Waals surface area contributed by atoms with Crippen LogP contribution < -0.4 is 5.73 Å². The molecule has 0 amide bonds. The molecular weight excluding hydrogens is 552 g/mol. The Balaban J connectivity index is 2.18. The zero-order valence-electron chi connectivity index (χ0n) is 19.6. The molecule has 2 aromatic carbocycles. The first-order chi connectivity index (χ1) is 16.5. The molecule has 8 nitrogen and oxygen atoms in total. The van der Waals surface area contributed by atoms with Gasteiger partial charge in [0, 0.05) is 11.8 Å². The van der Waals surface area contributed by atoms with E-state index in [1.807, 2.05) is 24.3 Å². The maximum atomic E-state index is 12.3. The van der Waals surface area contributed by atoms with Crippen molar-refractivity contribution in [1.82, 2.24) is 9.36 Å². The Bertz CT molecular complexity index is 1410. The minimum Gasteiger partial charge on any atom is -0.461 e. The lowest BCUT2D eigenvalue weighted by atomic mass is 10.0. The van der Waals surface area contributed by atoms with Crippen molar-refractivity contribution in [2.24, 2.45) is 10.7 Å². The lowest BCUT2D eigenvalue weighted by Crippen LogP contribution is -2.19. The molecule has 0 aliphatic rings. The number of carbonyl (C=O) groups excluding carboxylic acids is 1. The standard InChI is InChI=1S/C24H25BrN4O4S2/c1-5-33-24(30)20(26)19(25)21(27-18-12-7-6-11-17(18)14(2)3)23-28-22(29-34-23)15-9-8-10-16(13-15)35(4,31)32/h6-14H,5,26H2,1-4H3. The fraction of sp³-hybridized carbons (Fsp3) is 0.250.